The fourth-order valence-electron chi connectivity index (χ4n) is 1.77. The highest BCUT2D eigenvalue weighted by molar-refractivity contribution is 6.32. The molecule has 4 heteroatoms. The predicted molar refractivity (Wildman–Crippen MR) is 76.7 cm³/mol. The van der Waals surface area contributed by atoms with Gasteiger partial charge >= 0.3 is 0 Å². The Labute approximate surface area is 118 Å². The minimum atomic E-state index is 0.0364. The molecule has 0 aliphatic heterocycles. The topological polar surface area (TPSA) is 34.4 Å². The molecule has 3 nitrogen and oxygen atoms in total. The zero-order chi connectivity index (χ0) is 13.7. The maximum absolute atomic E-state index is 6.10. The first-order valence-corrected chi connectivity index (χ1v) is 6.69. The van der Waals surface area contributed by atoms with E-state index in [4.69, 9.17) is 20.8 Å². The summed E-state index contributed by atoms with van der Waals surface area (Å²) in [5.74, 6) is 1.65. The Hall–Kier alpha value is -1.45. The van der Waals surface area contributed by atoms with Gasteiger partial charge in [0.25, 0.3) is 0 Å². The van der Waals surface area contributed by atoms with E-state index in [1.54, 1.807) is 6.26 Å². The van der Waals surface area contributed by atoms with E-state index in [0.29, 0.717) is 11.6 Å². The van der Waals surface area contributed by atoms with E-state index in [2.05, 4.69) is 5.32 Å². The molecule has 0 radical (unpaired) electrons. The normalized spacial score (nSPS) is 12.4. The number of nitrogens with one attached hydrogen (secondary N) is 1. The molecule has 2 rings (SSSR count). The lowest BCUT2D eigenvalue weighted by molar-refractivity contribution is 0.215. The van der Waals surface area contributed by atoms with Gasteiger partial charge in [0.2, 0.25) is 0 Å². The molecule has 102 valence electrons. The van der Waals surface area contributed by atoms with Crippen molar-refractivity contribution in [3.8, 4) is 5.75 Å². The van der Waals surface area contributed by atoms with Crippen LogP contribution in [0.4, 0.5) is 0 Å². The second-order valence-corrected chi connectivity index (χ2v) is 4.98. The van der Waals surface area contributed by atoms with Gasteiger partial charge in [-0.3, -0.25) is 0 Å². The van der Waals surface area contributed by atoms with Crippen LogP contribution in [-0.4, -0.2) is 12.6 Å². The average Bonchev–Trinajstić information content (AvgIpc) is 2.87. The van der Waals surface area contributed by atoms with Crippen LogP contribution in [0.2, 0.25) is 5.02 Å². The molecule has 0 aliphatic rings. The van der Waals surface area contributed by atoms with Crippen molar-refractivity contribution in [3.05, 3.63) is 52.9 Å². The minimum Gasteiger partial charge on any atom is -0.488 e. The van der Waals surface area contributed by atoms with Crippen LogP contribution in [0.15, 0.2) is 41.0 Å². The maximum Gasteiger partial charge on any atom is 0.138 e. The monoisotopic (exact) mass is 279 g/mol. The Morgan fingerprint density at radius 3 is 2.95 bits per heavy atom. The molecule has 2 aromatic rings. The number of rotatable bonds is 6. The van der Waals surface area contributed by atoms with E-state index in [9.17, 15) is 0 Å². The van der Waals surface area contributed by atoms with Gasteiger partial charge in [-0.1, -0.05) is 17.7 Å². The molecule has 1 aromatic carbocycles. The molecule has 1 aromatic heterocycles. The van der Waals surface area contributed by atoms with Crippen molar-refractivity contribution in [1.82, 2.24) is 5.32 Å². The van der Waals surface area contributed by atoms with Gasteiger partial charge in [-0.05, 0) is 43.7 Å². The SMILES string of the molecule is Cc1ccc(Cl)c(OC(C)CNCc2ccco2)c1. The first-order valence-electron chi connectivity index (χ1n) is 6.31. The highest BCUT2D eigenvalue weighted by Gasteiger charge is 2.07. The van der Waals surface area contributed by atoms with Gasteiger partial charge in [0, 0.05) is 6.54 Å². The molecule has 0 saturated carbocycles. The van der Waals surface area contributed by atoms with E-state index < -0.39 is 0 Å². The fourth-order valence-corrected chi connectivity index (χ4v) is 1.93. The highest BCUT2D eigenvalue weighted by Crippen LogP contribution is 2.26. The molecular formula is C15H18ClNO2. The number of benzene rings is 1. The Bertz CT molecular complexity index is 511. The van der Waals surface area contributed by atoms with Gasteiger partial charge in [0.15, 0.2) is 0 Å². The Balaban J connectivity index is 1.80. The summed E-state index contributed by atoms with van der Waals surface area (Å²) in [5, 5.41) is 3.92. The first kappa shape index (κ1) is 14.0. The van der Waals surface area contributed by atoms with E-state index in [-0.39, 0.29) is 6.10 Å². The molecule has 1 atom stereocenters. The van der Waals surface area contributed by atoms with Gasteiger partial charge in [0.05, 0.1) is 17.8 Å². The Morgan fingerprint density at radius 1 is 1.37 bits per heavy atom. The number of halogens is 1. The smallest absolute Gasteiger partial charge is 0.138 e. The van der Waals surface area contributed by atoms with Gasteiger partial charge in [-0.25, -0.2) is 0 Å². The molecule has 1 heterocycles. The summed E-state index contributed by atoms with van der Waals surface area (Å²) in [6.45, 7) is 5.45. The predicted octanol–water partition coefficient (Wildman–Crippen LogP) is 3.80. The second-order valence-electron chi connectivity index (χ2n) is 4.57. The van der Waals surface area contributed by atoms with Gasteiger partial charge in [-0.15, -0.1) is 0 Å². The van der Waals surface area contributed by atoms with Crippen LogP contribution in [0.3, 0.4) is 0 Å². The van der Waals surface area contributed by atoms with Crippen molar-refractivity contribution in [3.63, 3.8) is 0 Å². The van der Waals surface area contributed by atoms with E-state index in [1.165, 1.54) is 0 Å². The fraction of sp³-hybridized carbons (Fsp3) is 0.333. The molecule has 1 unspecified atom stereocenters. The first-order chi connectivity index (χ1) is 9.15. The van der Waals surface area contributed by atoms with Gasteiger partial charge in [0.1, 0.15) is 17.6 Å². The third-order valence-electron chi connectivity index (χ3n) is 2.73. The summed E-state index contributed by atoms with van der Waals surface area (Å²) in [6, 6.07) is 9.59. The quantitative estimate of drug-likeness (QED) is 0.873. The maximum atomic E-state index is 6.10. The third kappa shape index (κ3) is 4.30. The Morgan fingerprint density at radius 2 is 2.21 bits per heavy atom. The van der Waals surface area contributed by atoms with Crippen molar-refractivity contribution in [2.45, 2.75) is 26.5 Å². The van der Waals surface area contributed by atoms with Crippen molar-refractivity contribution in [1.29, 1.82) is 0 Å². The van der Waals surface area contributed by atoms with E-state index in [1.807, 2.05) is 44.2 Å². The number of ether oxygens (including phenoxy) is 1. The molecule has 1 N–H and O–H groups in total. The van der Waals surface area contributed by atoms with Crippen molar-refractivity contribution in [2.24, 2.45) is 0 Å². The molecule has 0 fully saturated rings. The average molecular weight is 280 g/mol. The number of furan rings is 1. The van der Waals surface area contributed by atoms with Crippen molar-refractivity contribution in [2.75, 3.05) is 6.54 Å². The zero-order valence-electron chi connectivity index (χ0n) is 11.2. The van der Waals surface area contributed by atoms with Gasteiger partial charge < -0.3 is 14.5 Å². The largest absolute Gasteiger partial charge is 0.488 e. The number of hydrogen-bond donors (Lipinski definition) is 1. The molecule has 19 heavy (non-hydrogen) atoms. The van der Waals surface area contributed by atoms with Crippen LogP contribution in [0.5, 0.6) is 5.75 Å². The summed E-state index contributed by atoms with van der Waals surface area (Å²) < 4.78 is 11.1. The zero-order valence-corrected chi connectivity index (χ0v) is 11.9. The number of hydrogen-bond acceptors (Lipinski definition) is 3. The summed E-state index contributed by atoms with van der Waals surface area (Å²) in [4.78, 5) is 0. The van der Waals surface area contributed by atoms with Crippen LogP contribution in [0, 0.1) is 6.92 Å². The minimum absolute atomic E-state index is 0.0364. The molecule has 0 bridgehead atoms. The summed E-state index contributed by atoms with van der Waals surface area (Å²) in [7, 11) is 0. The molecule has 0 saturated heterocycles. The second kappa shape index (κ2) is 6.64. The van der Waals surface area contributed by atoms with E-state index >= 15 is 0 Å². The lowest BCUT2D eigenvalue weighted by Crippen LogP contribution is -2.28. The lowest BCUT2D eigenvalue weighted by atomic mass is 10.2. The standard InChI is InChI=1S/C15H18ClNO2/c1-11-5-6-14(16)15(8-11)19-12(2)9-17-10-13-4-3-7-18-13/h3-8,12,17H,9-10H2,1-2H3. The summed E-state index contributed by atoms with van der Waals surface area (Å²) in [5.41, 5.74) is 1.13. The molecule has 0 spiro atoms. The van der Waals surface area contributed by atoms with Crippen molar-refractivity contribution < 1.29 is 9.15 Å². The molecular weight excluding hydrogens is 262 g/mol. The van der Waals surface area contributed by atoms with Crippen LogP contribution in [0.1, 0.15) is 18.2 Å². The highest BCUT2D eigenvalue weighted by atomic mass is 35.5. The summed E-state index contributed by atoms with van der Waals surface area (Å²) in [6.07, 6.45) is 1.71. The van der Waals surface area contributed by atoms with Crippen LogP contribution in [0.25, 0.3) is 0 Å². The third-order valence-corrected chi connectivity index (χ3v) is 3.04. The number of aryl methyl sites for hydroxylation is 1. The van der Waals surface area contributed by atoms with Crippen LogP contribution >= 0.6 is 11.6 Å². The molecule has 0 aliphatic carbocycles. The van der Waals surface area contributed by atoms with Crippen LogP contribution in [-0.2, 0) is 6.54 Å². The Kier molecular flexibility index (Phi) is 4.88. The summed E-state index contributed by atoms with van der Waals surface area (Å²) >= 11 is 6.10. The molecule has 0 amide bonds. The van der Waals surface area contributed by atoms with Crippen LogP contribution < -0.4 is 10.1 Å². The van der Waals surface area contributed by atoms with E-state index in [0.717, 1.165) is 23.6 Å². The lowest BCUT2D eigenvalue weighted by Gasteiger charge is -2.16. The van der Waals surface area contributed by atoms with Crippen molar-refractivity contribution >= 4 is 11.6 Å². The van der Waals surface area contributed by atoms with Gasteiger partial charge in [-0.2, -0.15) is 0 Å².